The molecule has 0 amide bonds. The number of nitro groups is 2. The molecular weight excluding hydrogens is 494 g/mol. The predicted octanol–water partition coefficient (Wildman–Crippen LogP) is 3.63. The van der Waals surface area contributed by atoms with Crippen LogP contribution in [-0.4, -0.2) is 48.8 Å². The molecule has 0 aliphatic heterocycles. The van der Waals surface area contributed by atoms with Gasteiger partial charge in [-0.1, -0.05) is 0 Å². The first-order chi connectivity index (χ1) is 13.2. The van der Waals surface area contributed by atoms with Crippen molar-refractivity contribution in [3.05, 3.63) is 64.8 Å². The maximum atomic E-state index is 10.8. The van der Waals surface area contributed by atoms with Crippen molar-refractivity contribution < 1.29 is 9.85 Å². The van der Waals surface area contributed by atoms with E-state index in [9.17, 15) is 20.2 Å². The van der Waals surface area contributed by atoms with Crippen molar-refractivity contribution in [2.75, 3.05) is 0 Å². The average Bonchev–Trinajstić information content (AvgIpc) is 3.14. The second kappa shape index (κ2) is 7.93. The molecule has 0 saturated heterocycles. The Morgan fingerprint density at radius 1 is 0.821 bits per heavy atom. The predicted molar refractivity (Wildman–Crippen MR) is 110 cm³/mol. The summed E-state index contributed by atoms with van der Waals surface area (Å²) in [6.45, 7) is 7.36. The van der Waals surface area contributed by atoms with Gasteiger partial charge in [0.15, 0.2) is 0 Å². The third-order valence-corrected chi connectivity index (χ3v) is 7.96. The van der Waals surface area contributed by atoms with Gasteiger partial charge in [-0.15, -0.1) is 0 Å². The van der Waals surface area contributed by atoms with Crippen molar-refractivity contribution in [3.63, 3.8) is 0 Å². The van der Waals surface area contributed by atoms with Crippen molar-refractivity contribution in [2.45, 2.75) is 27.7 Å². The van der Waals surface area contributed by atoms with Gasteiger partial charge in [-0.25, -0.2) is 0 Å². The van der Waals surface area contributed by atoms with Crippen LogP contribution in [0.2, 0.25) is 0 Å². The molecule has 0 saturated carbocycles. The first-order valence-corrected chi connectivity index (χ1v) is 11.6. The molecule has 4 aromatic rings. The number of nitro benzene ring substituents is 2. The maximum absolute atomic E-state index is 10.8. The Hall–Kier alpha value is -2.38. The molecule has 0 radical (unpaired) electrons. The molecular formula is C18H16N4O4Se2. The van der Waals surface area contributed by atoms with Crippen LogP contribution < -0.4 is 0 Å². The molecule has 4 rings (SSSR count). The van der Waals surface area contributed by atoms with Gasteiger partial charge in [-0.3, -0.25) is 0 Å². The fraction of sp³-hybridized carbons (Fsp3) is 0.222. The summed E-state index contributed by atoms with van der Waals surface area (Å²) in [6.07, 6.45) is 0. The fourth-order valence-corrected chi connectivity index (χ4v) is 6.31. The zero-order valence-electron chi connectivity index (χ0n) is 15.5. The summed E-state index contributed by atoms with van der Waals surface area (Å²) < 4.78 is 4.12. The van der Waals surface area contributed by atoms with Crippen LogP contribution in [0.4, 0.5) is 11.4 Å². The third kappa shape index (κ3) is 4.05. The van der Waals surface area contributed by atoms with Gasteiger partial charge in [-0.05, 0) is 0 Å². The van der Waals surface area contributed by atoms with Crippen LogP contribution in [0.15, 0.2) is 24.3 Å². The van der Waals surface area contributed by atoms with E-state index in [2.05, 4.69) is 9.97 Å². The van der Waals surface area contributed by atoms with Gasteiger partial charge >= 0.3 is 172 Å². The number of nitrogens with zero attached hydrogens (tertiary/aromatic N) is 4. The number of hydrogen-bond donors (Lipinski definition) is 0. The number of rotatable bonds is 2. The summed E-state index contributed by atoms with van der Waals surface area (Å²) in [5.41, 5.74) is 3.22. The number of benzene rings is 2. The number of aryl methyl sites for hydroxylation is 4. The normalized spacial score (nSPS) is 10.7. The number of aromatic nitrogens is 2. The van der Waals surface area contributed by atoms with E-state index in [1.165, 1.54) is 0 Å². The number of fused-ring (bicyclic) bond motifs is 2. The molecule has 0 N–H and O–H groups in total. The second-order valence-electron chi connectivity index (χ2n) is 6.16. The van der Waals surface area contributed by atoms with Crippen molar-refractivity contribution >= 4 is 59.9 Å². The topological polar surface area (TPSA) is 112 Å². The molecule has 0 unspecified atom stereocenters. The van der Waals surface area contributed by atoms with Crippen LogP contribution in [0, 0.1) is 47.9 Å². The Bertz CT molecular complexity index is 1230. The molecule has 0 spiro atoms. The average molecular weight is 510 g/mol. The first kappa shape index (κ1) is 20.4. The Labute approximate surface area is 172 Å². The molecule has 28 heavy (non-hydrogen) atoms. The van der Waals surface area contributed by atoms with E-state index < -0.39 is 0 Å². The van der Waals surface area contributed by atoms with Gasteiger partial charge in [-0.2, -0.15) is 0 Å². The summed E-state index contributed by atoms with van der Waals surface area (Å²) in [6, 6.07) is 7.20. The van der Waals surface area contributed by atoms with Crippen molar-refractivity contribution in [1.29, 1.82) is 0 Å². The third-order valence-electron chi connectivity index (χ3n) is 4.04. The Balaban J connectivity index is 0.000000161. The summed E-state index contributed by atoms with van der Waals surface area (Å²) in [5.74, 6) is 0. The summed E-state index contributed by atoms with van der Waals surface area (Å²) in [5, 5.41) is 21.5. The zero-order valence-corrected chi connectivity index (χ0v) is 19.0. The standard InChI is InChI=1S/2C9H8N2O2Se/c1-5-3-7-9(14-6(2)10-7)4-8(5)11(12)13;1-5-3-4-7-8(9(5)11(12)13)10-6(2)14-7/h2*3-4H,1-2H3. The van der Waals surface area contributed by atoms with E-state index in [1.54, 1.807) is 32.0 Å². The molecule has 2 heterocycles. The molecule has 2 aromatic heterocycles. The summed E-state index contributed by atoms with van der Waals surface area (Å²) in [7, 11) is 0. The Morgan fingerprint density at radius 3 is 2.11 bits per heavy atom. The van der Waals surface area contributed by atoms with Gasteiger partial charge in [0, 0.05) is 0 Å². The van der Waals surface area contributed by atoms with Gasteiger partial charge in [0.1, 0.15) is 0 Å². The van der Waals surface area contributed by atoms with Crippen LogP contribution in [-0.2, 0) is 0 Å². The molecule has 10 heteroatoms. The Morgan fingerprint density at radius 2 is 1.46 bits per heavy atom. The number of hydrogen-bond acceptors (Lipinski definition) is 6. The minimum absolute atomic E-state index is 0.168. The van der Waals surface area contributed by atoms with Crippen LogP contribution in [0.3, 0.4) is 0 Å². The van der Waals surface area contributed by atoms with Crippen molar-refractivity contribution in [3.8, 4) is 0 Å². The van der Waals surface area contributed by atoms with Crippen molar-refractivity contribution in [2.24, 2.45) is 0 Å². The second-order valence-corrected chi connectivity index (χ2v) is 11.3. The van der Waals surface area contributed by atoms with Gasteiger partial charge in [0.05, 0.1) is 0 Å². The van der Waals surface area contributed by atoms with E-state index in [0.717, 1.165) is 23.2 Å². The van der Waals surface area contributed by atoms with Crippen molar-refractivity contribution in [1.82, 2.24) is 9.97 Å². The van der Waals surface area contributed by atoms with E-state index in [0.29, 0.717) is 16.6 Å². The summed E-state index contributed by atoms with van der Waals surface area (Å²) >= 11 is 0.349. The minimum atomic E-state index is -0.341. The van der Waals surface area contributed by atoms with Crippen LogP contribution >= 0.6 is 0 Å². The van der Waals surface area contributed by atoms with E-state index in [4.69, 9.17) is 0 Å². The Kier molecular flexibility index (Phi) is 5.76. The van der Waals surface area contributed by atoms with E-state index in [-0.39, 0.29) is 50.2 Å². The van der Waals surface area contributed by atoms with Gasteiger partial charge in [0.25, 0.3) is 0 Å². The zero-order chi connectivity index (χ0) is 20.6. The SMILES string of the molecule is Cc1nc2c([N+](=O)[O-])c(C)ccc2[se]1.Cc1nc2cc(C)c([N+](=O)[O-])cc2[se]1. The molecule has 144 valence electrons. The van der Waals surface area contributed by atoms with Gasteiger partial charge in [0.2, 0.25) is 0 Å². The van der Waals surface area contributed by atoms with Gasteiger partial charge < -0.3 is 0 Å². The molecule has 0 bridgehead atoms. The molecule has 0 aliphatic rings. The van der Waals surface area contributed by atoms with Crippen LogP contribution in [0.25, 0.3) is 19.6 Å². The van der Waals surface area contributed by atoms with Crippen LogP contribution in [0.1, 0.15) is 20.3 Å². The fourth-order valence-electron chi connectivity index (χ4n) is 2.80. The quantitative estimate of drug-likeness (QED) is 0.231. The summed E-state index contributed by atoms with van der Waals surface area (Å²) in [4.78, 5) is 29.4. The molecule has 0 aliphatic carbocycles. The molecule has 8 nitrogen and oxygen atoms in total. The molecule has 2 aromatic carbocycles. The first-order valence-electron chi connectivity index (χ1n) is 8.20. The van der Waals surface area contributed by atoms with E-state index >= 15 is 0 Å². The molecule has 0 fully saturated rings. The van der Waals surface area contributed by atoms with E-state index in [1.807, 2.05) is 19.9 Å². The molecule has 0 atom stereocenters. The van der Waals surface area contributed by atoms with Crippen LogP contribution in [0.5, 0.6) is 0 Å². The monoisotopic (exact) mass is 512 g/mol.